The van der Waals surface area contributed by atoms with Gasteiger partial charge in [-0.05, 0) is 25.0 Å². The SMILES string of the molecule is CCOC(=O)C#Cc1nc(Cl)ccc1N. The van der Waals surface area contributed by atoms with Gasteiger partial charge in [-0.1, -0.05) is 11.6 Å². The number of rotatable bonds is 1. The molecule has 0 aliphatic carbocycles. The maximum atomic E-state index is 10.9. The fraction of sp³-hybridized carbons (Fsp3) is 0.200. The number of aromatic nitrogens is 1. The first kappa shape index (κ1) is 11.3. The van der Waals surface area contributed by atoms with Crippen molar-refractivity contribution in [3.05, 3.63) is 23.0 Å². The Hall–Kier alpha value is -1.73. The quantitative estimate of drug-likeness (QED) is 0.443. The summed E-state index contributed by atoms with van der Waals surface area (Å²) in [6.45, 7) is 1.98. The van der Waals surface area contributed by atoms with Crippen molar-refractivity contribution in [1.29, 1.82) is 0 Å². The van der Waals surface area contributed by atoms with Crippen molar-refractivity contribution in [3.63, 3.8) is 0 Å². The number of hydrogen-bond acceptors (Lipinski definition) is 4. The van der Waals surface area contributed by atoms with Crippen molar-refractivity contribution in [2.75, 3.05) is 12.3 Å². The molecule has 2 N–H and O–H groups in total. The molecule has 78 valence electrons. The molecular formula is C10H9ClN2O2. The van der Waals surface area contributed by atoms with Crippen LogP contribution in [-0.2, 0) is 9.53 Å². The van der Waals surface area contributed by atoms with Gasteiger partial charge >= 0.3 is 5.97 Å². The summed E-state index contributed by atoms with van der Waals surface area (Å²) in [5.74, 6) is 4.14. The van der Waals surface area contributed by atoms with Gasteiger partial charge in [0.05, 0.1) is 12.3 Å². The summed E-state index contributed by atoms with van der Waals surface area (Å²) in [6.07, 6.45) is 0. The zero-order valence-electron chi connectivity index (χ0n) is 8.08. The molecule has 0 saturated heterocycles. The van der Waals surface area contributed by atoms with E-state index in [0.717, 1.165) is 0 Å². The Morgan fingerprint density at radius 2 is 2.40 bits per heavy atom. The van der Waals surface area contributed by atoms with Crippen molar-refractivity contribution < 1.29 is 9.53 Å². The molecule has 0 aliphatic heterocycles. The smallest absolute Gasteiger partial charge is 0.384 e. The molecule has 1 heterocycles. The van der Waals surface area contributed by atoms with Crippen LogP contribution in [0.25, 0.3) is 0 Å². The summed E-state index contributed by atoms with van der Waals surface area (Å²) in [7, 11) is 0. The van der Waals surface area contributed by atoms with Gasteiger partial charge in [0.25, 0.3) is 0 Å². The summed E-state index contributed by atoms with van der Waals surface area (Å²) in [4.78, 5) is 14.8. The van der Waals surface area contributed by atoms with E-state index >= 15 is 0 Å². The molecule has 0 fully saturated rings. The lowest BCUT2D eigenvalue weighted by Gasteiger charge is -1.96. The minimum Gasteiger partial charge on any atom is -0.456 e. The number of nitrogens with two attached hydrogens (primary N) is 1. The minimum atomic E-state index is -0.612. The molecule has 0 spiro atoms. The highest BCUT2D eigenvalue weighted by Gasteiger charge is 1.99. The normalized spacial score (nSPS) is 8.93. The molecule has 0 amide bonds. The van der Waals surface area contributed by atoms with Crippen molar-refractivity contribution in [2.45, 2.75) is 6.92 Å². The van der Waals surface area contributed by atoms with Crippen molar-refractivity contribution in [3.8, 4) is 11.8 Å². The van der Waals surface area contributed by atoms with E-state index in [2.05, 4.69) is 21.6 Å². The summed E-state index contributed by atoms with van der Waals surface area (Å²) in [5.41, 5.74) is 6.22. The van der Waals surface area contributed by atoms with E-state index in [0.29, 0.717) is 5.69 Å². The Morgan fingerprint density at radius 1 is 1.67 bits per heavy atom. The van der Waals surface area contributed by atoms with Crippen LogP contribution in [-0.4, -0.2) is 17.6 Å². The van der Waals surface area contributed by atoms with E-state index in [4.69, 9.17) is 17.3 Å². The van der Waals surface area contributed by atoms with E-state index in [1.54, 1.807) is 19.1 Å². The van der Waals surface area contributed by atoms with Crippen LogP contribution in [0, 0.1) is 11.8 Å². The fourth-order valence-corrected chi connectivity index (χ4v) is 0.971. The van der Waals surface area contributed by atoms with Gasteiger partial charge in [-0.2, -0.15) is 0 Å². The number of pyridine rings is 1. The molecule has 0 aromatic carbocycles. The number of ether oxygens (including phenoxy) is 1. The first-order valence-electron chi connectivity index (χ1n) is 4.24. The van der Waals surface area contributed by atoms with Gasteiger partial charge in [-0.25, -0.2) is 9.78 Å². The van der Waals surface area contributed by atoms with Gasteiger partial charge in [0, 0.05) is 5.92 Å². The predicted molar refractivity (Wildman–Crippen MR) is 57.2 cm³/mol. The second-order valence-electron chi connectivity index (χ2n) is 2.54. The highest BCUT2D eigenvalue weighted by Crippen LogP contribution is 2.11. The molecule has 0 aliphatic rings. The number of nitrogens with zero attached hydrogens (tertiary/aromatic N) is 1. The highest BCUT2D eigenvalue weighted by molar-refractivity contribution is 6.29. The molecule has 1 aromatic heterocycles. The largest absolute Gasteiger partial charge is 0.456 e. The lowest BCUT2D eigenvalue weighted by Crippen LogP contribution is -2.00. The summed E-state index contributed by atoms with van der Waals surface area (Å²) >= 11 is 5.64. The molecule has 1 aromatic rings. The zero-order valence-corrected chi connectivity index (χ0v) is 8.84. The third kappa shape index (κ3) is 3.49. The second kappa shape index (κ2) is 5.23. The van der Waals surface area contributed by atoms with E-state index in [1.807, 2.05) is 0 Å². The maximum absolute atomic E-state index is 10.9. The van der Waals surface area contributed by atoms with Gasteiger partial charge in [0.15, 0.2) is 0 Å². The second-order valence-corrected chi connectivity index (χ2v) is 2.93. The van der Waals surface area contributed by atoms with Gasteiger partial charge in [-0.15, -0.1) is 0 Å². The van der Waals surface area contributed by atoms with Crippen LogP contribution in [0.5, 0.6) is 0 Å². The monoisotopic (exact) mass is 224 g/mol. The van der Waals surface area contributed by atoms with Crippen LogP contribution in [0.4, 0.5) is 5.69 Å². The predicted octanol–water partition coefficient (Wildman–Crippen LogP) is 1.23. The van der Waals surface area contributed by atoms with Crippen molar-refractivity contribution in [1.82, 2.24) is 4.98 Å². The van der Waals surface area contributed by atoms with Crippen molar-refractivity contribution >= 4 is 23.3 Å². The number of carbonyl (C=O) groups is 1. The minimum absolute atomic E-state index is 0.274. The molecule has 0 bridgehead atoms. The van der Waals surface area contributed by atoms with E-state index < -0.39 is 5.97 Å². The Kier molecular flexibility index (Phi) is 3.95. The topological polar surface area (TPSA) is 65.2 Å². The first-order valence-corrected chi connectivity index (χ1v) is 4.62. The van der Waals surface area contributed by atoms with Gasteiger partial charge in [0.2, 0.25) is 0 Å². The average Bonchev–Trinajstić information content (AvgIpc) is 2.20. The van der Waals surface area contributed by atoms with Crippen molar-refractivity contribution in [2.24, 2.45) is 0 Å². The van der Waals surface area contributed by atoms with E-state index in [9.17, 15) is 4.79 Å². The van der Waals surface area contributed by atoms with Crippen LogP contribution in [0.15, 0.2) is 12.1 Å². The summed E-state index contributed by atoms with van der Waals surface area (Å²) < 4.78 is 4.62. The van der Waals surface area contributed by atoms with Crippen LogP contribution in [0.1, 0.15) is 12.6 Å². The summed E-state index contributed by atoms with van der Waals surface area (Å²) in [6, 6.07) is 3.12. The average molecular weight is 225 g/mol. The Labute approximate surface area is 92.4 Å². The highest BCUT2D eigenvalue weighted by atomic mass is 35.5. The molecule has 0 atom stereocenters. The lowest BCUT2D eigenvalue weighted by atomic mass is 10.3. The van der Waals surface area contributed by atoms with Gasteiger partial charge < -0.3 is 10.5 Å². The third-order valence-corrected chi connectivity index (χ3v) is 1.66. The Bertz CT molecular complexity index is 435. The lowest BCUT2D eigenvalue weighted by molar-refractivity contribution is -0.136. The number of nitrogen functional groups attached to an aromatic ring is 1. The maximum Gasteiger partial charge on any atom is 0.384 e. The number of halogens is 1. The molecule has 15 heavy (non-hydrogen) atoms. The van der Waals surface area contributed by atoms with E-state index in [-0.39, 0.29) is 17.5 Å². The van der Waals surface area contributed by atoms with E-state index in [1.165, 1.54) is 0 Å². The van der Waals surface area contributed by atoms with Crippen LogP contribution in [0.3, 0.4) is 0 Å². The third-order valence-electron chi connectivity index (χ3n) is 1.45. The molecule has 0 saturated carbocycles. The molecule has 0 unspecified atom stereocenters. The van der Waals surface area contributed by atoms with Crippen LogP contribution < -0.4 is 5.73 Å². The fourth-order valence-electron chi connectivity index (χ4n) is 0.824. The molecule has 0 radical (unpaired) electrons. The number of carbonyl (C=O) groups excluding carboxylic acids is 1. The molecule has 1 rings (SSSR count). The van der Waals surface area contributed by atoms with Crippen LogP contribution in [0.2, 0.25) is 5.15 Å². The standard InChI is InChI=1S/C10H9ClN2O2/c1-2-15-10(14)6-4-8-7(12)3-5-9(11)13-8/h3,5H,2,12H2,1H3. The number of hydrogen-bond donors (Lipinski definition) is 1. The van der Waals surface area contributed by atoms with Crippen LogP contribution >= 0.6 is 11.6 Å². The van der Waals surface area contributed by atoms with Gasteiger partial charge in [-0.3, -0.25) is 0 Å². The number of esters is 1. The first-order chi connectivity index (χ1) is 7.13. The van der Waals surface area contributed by atoms with Gasteiger partial charge in [0.1, 0.15) is 10.8 Å². The summed E-state index contributed by atoms with van der Waals surface area (Å²) in [5, 5.41) is 0.275. The molecule has 4 nitrogen and oxygen atoms in total. The Balaban J connectivity index is 2.88. The molecule has 5 heteroatoms. The number of anilines is 1. The zero-order chi connectivity index (χ0) is 11.3. The molecular weight excluding hydrogens is 216 g/mol. The Morgan fingerprint density at radius 3 is 3.07 bits per heavy atom.